The molecule has 18 heavy (non-hydrogen) atoms. The molecule has 0 radical (unpaired) electrons. The molecule has 100 valence electrons. The fraction of sp³-hybridized carbons (Fsp3) is 0.455. The van der Waals surface area contributed by atoms with Crippen LogP contribution in [-0.2, 0) is 4.74 Å². The van der Waals surface area contributed by atoms with Gasteiger partial charge in [-0.2, -0.15) is 0 Å². The Morgan fingerprint density at radius 2 is 2.50 bits per heavy atom. The van der Waals surface area contributed by atoms with Crippen molar-refractivity contribution in [3.63, 3.8) is 0 Å². The molecule has 0 aromatic carbocycles. The summed E-state index contributed by atoms with van der Waals surface area (Å²) in [6.45, 7) is 4.43. The molecule has 0 aliphatic rings. The summed E-state index contributed by atoms with van der Waals surface area (Å²) in [4.78, 5) is 16.7. The molecule has 0 saturated carbocycles. The van der Waals surface area contributed by atoms with Crippen molar-refractivity contribution >= 4 is 12.0 Å². The van der Waals surface area contributed by atoms with E-state index in [-0.39, 0.29) is 5.89 Å². The third-order valence-electron chi connectivity index (χ3n) is 2.28. The molecule has 7 heteroatoms. The Kier molecular flexibility index (Phi) is 5.89. The second-order valence-corrected chi connectivity index (χ2v) is 3.58. The van der Waals surface area contributed by atoms with E-state index in [1.165, 1.54) is 17.9 Å². The largest absolute Gasteiger partial charge is 0.500 e. The first-order valence-electron chi connectivity index (χ1n) is 5.54. The smallest absolute Gasteiger partial charge is 0.330 e. The van der Waals surface area contributed by atoms with Gasteiger partial charge in [-0.25, -0.2) is 10.5 Å². The number of carbonyl (C=O) groups is 1. The number of oxazole rings is 1. The summed E-state index contributed by atoms with van der Waals surface area (Å²) >= 11 is 0. The van der Waals surface area contributed by atoms with Gasteiger partial charge in [-0.05, 0) is 13.6 Å². The molecule has 0 spiro atoms. The molecule has 0 unspecified atom stereocenters. The number of nitrogens with zero attached hydrogens (tertiary/aromatic N) is 2. The number of rotatable bonds is 7. The van der Waals surface area contributed by atoms with Crippen molar-refractivity contribution in [3.05, 3.63) is 24.1 Å². The van der Waals surface area contributed by atoms with Gasteiger partial charge in [-0.1, -0.05) is 6.92 Å². The van der Waals surface area contributed by atoms with E-state index in [1.54, 1.807) is 6.08 Å². The van der Waals surface area contributed by atoms with Crippen LogP contribution in [0.15, 0.2) is 16.9 Å². The summed E-state index contributed by atoms with van der Waals surface area (Å²) in [6.07, 6.45) is 4.39. The Balaban J connectivity index is 2.34. The molecule has 0 aliphatic heterocycles. The topological polar surface area (TPSA) is 87.8 Å². The lowest BCUT2D eigenvalue weighted by Crippen LogP contribution is -2.21. The minimum atomic E-state index is -0.792. The minimum Gasteiger partial charge on any atom is -0.500 e. The lowest BCUT2D eigenvalue weighted by molar-refractivity contribution is 0.0668. The quantitative estimate of drug-likeness (QED) is 0.323. The van der Waals surface area contributed by atoms with Gasteiger partial charge in [0.2, 0.25) is 0 Å². The van der Waals surface area contributed by atoms with Crippen LogP contribution in [0.5, 0.6) is 0 Å². The van der Waals surface area contributed by atoms with Gasteiger partial charge in [0.1, 0.15) is 0 Å². The van der Waals surface area contributed by atoms with Gasteiger partial charge in [0.15, 0.2) is 5.76 Å². The van der Waals surface area contributed by atoms with Crippen molar-refractivity contribution in [3.8, 4) is 0 Å². The molecule has 1 heterocycles. The number of hydroxylamine groups is 1. The van der Waals surface area contributed by atoms with Gasteiger partial charge >= 0.3 is 5.91 Å². The summed E-state index contributed by atoms with van der Waals surface area (Å²) in [6, 6.07) is 0. The third-order valence-corrected chi connectivity index (χ3v) is 2.28. The number of likely N-dealkylation sites (N-methyl/N-ethyl adjacent to an activating group) is 1. The zero-order valence-corrected chi connectivity index (χ0v) is 10.4. The molecule has 0 saturated heterocycles. The minimum absolute atomic E-state index is 0.206. The van der Waals surface area contributed by atoms with E-state index in [2.05, 4.69) is 16.8 Å². The maximum atomic E-state index is 10.9. The van der Waals surface area contributed by atoms with E-state index in [0.29, 0.717) is 12.4 Å². The number of carbonyl (C=O) groups excluding carboxylic acids is 1. The third kappa shape index (κ3) is 4.56. The van der Waals surface area contributed by atoms with Crippen LogP contribution in [0.25, 0.3) is 6.08 Å². The fourth-order valence-corrected chi connectivity index (χ4v) is 1.07. The molecule has 1 rings (SSSR count). The number of hydrogen-bond donors (Lipinski definition) is 2. The zero-order chi connectivity index (χ0) is 13.4. The summed E-state index contributed by atoms with van der Waals surface area (Å²) < 4.78 is 10.3. The standard InChI is InChI=1S/C11H17N3O4/c1-3-14(2)5-7-17-6-4-9-8-12-11(18-9)10(15)13-16/h4,6,8,16H,3,5,7H2,1-2H3,(H,13,15)/b6-4+. The van der Waals surface area contributed by atoms with Crippen LogP contribution in [0, 0.1) is 0 Å². The number of aromatic nitrogens is 1. The number of hydrogen-bond acceptors (Lipinski definition) is 6. The van der Waals surface area contributed by atoms with Gasteiger partial charge in [0.25, 0.3) is 5.89 Å². The van der Waals surface area contributed by atoms with Crippen LogP contribution in [-0.4, -0.2) is 47.7 Å². The van der Waals surface area contributed by atoms with Crippen molar-refractivity contribution in [2.45, 2.75) is 6.92 Å². The first kappa shape index (κ1) is 14.2. The number of ether oxygens (including phenoxy) is 1. The maximum Gasteiger partial charge on any atom is 0.330 e. The molecule has 1 amide bonds. The predicted octanol–water partition coefficient (Wildman–Crippen LogP) is 0.733. The monoisotopic (exact) mass is 255 g/mol. The average Bonchev–Trinajstić information content (AvgIpc) is 2.85. The molecule has 0 aliphatic carbocycles. The van der Waals surface area contributed by atoms with E-state index < -0.39 is 5.91 Å². The van der Waals surface area contributed by atoms with Gasteiger partial charge in [0, 0.05) is 12.6 Å². The molecular weight excluding hydrogens is 238 g/mol. The van der Waals surface area contributed by atoms with Crippen LogP contribution in [0.2, 0.25) is 0 Å². The van der Waals surface area contributed by atoms with Crippen LogP contribution < -0.4 is 5.48 Å². The van der Waals surface area contributed by atoms with Crippen LogP contribution in [0.4, 0.5) is 0 Å². The summed E-state index contributed by atoms with van der Waals surface area (Å²) in [5.74, 6) is -0.625. The molecule has 7 nitrogen and oxygen atoms in total. The Morgan fingerprint density at radius 1 is 1.72 bits per heavy atom. The highest BCUT2D eigenvalue weighted by molar-refractivity contribution is 5.88. The van der Waals surface area contributed by atoms with E-state index >= 15 is 0 Å². The van der Waals surface area contributed by atoms with Crippen molar-refractivity contribution in [1.82, 2.24) is 15.4 Å². The van der Waals surface area contributed by atoms with Crippen LogP contribution in [0.3, 0.4) is 0 Å². The van der Waals surface area contributed by atoms with Crippen LogP contribution >= 0.6 is 0 Å². The van der Waals surface area contributed by atoms with E-state index in [9.17, 15) is 4.79 Å². The van der Waals surface area contributed by atoms with Crippen LogP contribution in [0.1, 0.15) is 23.4 Å². The molecule has 0 fully saturated rings. The van der Waals surface area contributed by atoms with Gasteiger partial charge < -0.3 is 14.1 Å². The summed E-state index contributed by atoms with van der Waals surface area (Å²) in [5, 5.41) is 8.37. The second-order valence-electron chi connectivity index (χ2n) is 3.58. The lowest BCUT2D eigenvalue weighted by Gasteiger charge is -2.12. The van der Waals surface area contributed by atoms with E-state index in [0.717, 1.165) is 13.1 Å². The van der Waals surface area contributed by atoms with Gasteiger partial charge in [-0.15, -0.1) is 0 Å². The molecule has 2 N–H and O–H groups in total. The molecule has 0 bridgehead atoms. The summed E-state index contributed by atoms with van der Waals surface area (Å²) in [7, 11) is 2.00. The SMILES string of the molecule is CCN(C)CCO/C=C/c1cnc(C(=O)NO)o1. The second kappa shape index (κ2) is 7.46. The predicted molar refractivity (Wildman–Crippen MR) is 63.9 cm³/mol. The van der Waals surface area contributed by atoms with Crippen molar-refractivity contribution in [2.75, 3.05) is 26.7 Å². The normalized spacial score (nSPS) is 11.1. The average molecular weight is 255 g/mol. The number of nitrogens with one attached hydrogen (secondary N) is 1. The van der Waals surface area contributed by atoms with Crippen molar-refractivity contribution in [2.24, 2.45) is 0 Å². The first-order chi connectivity index (χ1) is 8.67. The summed E-state index contributed by atoms with van der Waals surface area (Å²) in [5.41, 5.74) is 1.43. The van der Waals surface area contributed by atoms with E-state index in [4.69, 9.17) is 14.4 Å². The fourth-order valence-electron chi connectivity index (χ4n) is 1.07. The van der Waals surface area contributed by atoms with Crippen molar-refractivity contribution in [1.29, 1.82) is 0 Å². The van der Waals surface area contributed by atoms with E-state index in [1.807, 2.05) is 7.05 Å². The van der Waals surface area contributed by atoms with Gasteiger partial charge in [-0.3, -0.25) is 10.0 Å². The number of amides is 1. The van der Waals surface area contributed by atoms with Crippen molar-refractivity contribution < 1.29 is 19.2 Å². The molecular formula is C11H17N3O4. The molecule has 1 aromatic rings. The Hall–Kier alpha value is -1.86. The Labute approximate surface area is 105 Å². The first-order valence-corrected chi connectivity index (χ1v) is 5.54. The Bertz CT molecular complexity index is 403. The molecule has 1 aromatic heterocycles. The highest BCUT2D eigenvalue weighted by Gasteiger charge is 2.10. The molecule has 0 atom stereocenters. The lowest BCUT2D eigenvalue weighted by atomic mass is 10.5. The zero-order valence-electron chi connectivity index (χ0n) is 10.4. The Morgan fingerprint density at radius 3 is 3.17 bits per heavy atom. The highest BCUT2D eigenvalue weighted by atomic mass is 16.5. The maximum absolute atomic E-state index is 10.9. The highest BCUT2D eigenvalue weighted by Crippen LogP contribution is 2.05. The van der Waals surface area contributed by atoms with Gasteiger partial charge in [0.05, 0.1) is 19.1 Å².